The maximum atomic E-state index is 14.6. The summed E-state index contributed by atoms with van der Waals surface area (Å²) in [7, 11) is 0. The fourth-order valence-corrected chi connectivity index (χ4v) is 9.36. The number of rotatable bonds is 6. The summed E-state index contributed by atoms with van der Waals surface area (Å²) in [5.74, 6) is -32.1. The van der Waals surface area contributed by atoms with Gasteiger partial charge >= 0.3 is 36.0 Å². The quantitative estimate of drug-likeness (QED) is 0.0735. The number of hydrogen-bond donors (Lipinski definition) is 0. The first-order valence-electron chi connectivity index (χ1n) is 14.8. The number of halogens is 18. The molecule has 0 saturated carbocycles. The fourth-order valence-electron chi connectivity index (χ4n) is 6.86. The predicted octanol–water partition coefficient (Wildman–Crippen LogP) is 11.6. The Kier molecular flexibility index (Phi) is 8.81. The van der Waals surface area contributed by atoms with E-state index >= 15 is 0 Å². The molecule has 5 aromatic rings. The van der Waals surface area contributed by atoms with Crippen LogP contribution in [0.25, 0.3) is 43.1 Å². The van der Waals surface area contributed by atoms with E-state index in [9.17, 15) is 80.6 Å². The van der Waals surface area contributed by atoms with Gasteiger partial charge in [0.25, 0.3) is 23.6 Å². The number of benzene rings is 5. The third-order valence-corrected chi connectivity index (χ3v) is 11.9. The normalized spacial score (nSPS) is 16.2. The van der Waals surface area contributed by atoms with Crippen LogP contribution in [-0.4, -0.2) is 82.6 Å². The zero-order chi connectivity index (χ0) is 41.9. The Morgan fingerprint density at radius 1 is 0.375 bits per heavy atom. The first-order valence-corrected chi connectivity index (χ1v) is 17.9. The molecule has 0 unspecified atom stereocenters. The van der Waals surface area contributed by atoms with Crippen LogP contribution < -0.4 is 0 Å². The van der Waals surface area contributed by atoms with Gasteiger partial charge in [0.1, 0.15) is 0 Å². The molecule has 2 aliphatic rings. The Hall–Kier alpha value is -3.38. The van der Waals surface area contributed by atoms with Crippen molar-refractivity contribution in [1.29, 1.82) is 0 Å². The van der Waals surface area contributed by atoms with Crippen LogP contribution in [0, 0.1) is 0 Å². The van der Waals surface area contributed by atoms with Crippen molar-refractivity contribution in [2.24, 2.45) is 0 Å². The van der Waals surface area contributed by atoms with Crippen LogP contribution in [0.5, 0.6) is 0 Å². The van der Waals surface area contributed by atoms with Crippen molar-refractivity contribution in [3.8, 4) is 0 Å². The van der Waals surface area contributed by atoms with Crippen LogP contribution in [0.3, 0.4) is 0 Å². The van der Waals surface area contributed by atoms with Crippen LogP contribution in [0.1, 0.15) is 41.4 Å². The second kappa shape index (κ2) is 12.1. The highest BCUT2D eigenvalue weighted by molar-refractivity contribution is 9.11. The number of carbonyl (C=O) groups excluding carboxylic acids is 4. The molecule has 0 spiro atoms. The molecule has 0 aliphatic carbocycles. The van der Waals surface area contributed by atoms with Crippen molar-refractivity contribution in [2.45, 2.75) is 36.0 Å². The molecule has 2 heterocycles. The molecule has 6 nitrogen and oxygen atoms in total. The van der Waals surface area contributed by atoms with E-state index in [1.54, 1.807) is 0 Å². The second-order valence-electron chi connectivity index (χ2n) is 12.6. The number of carbonyl (C=O) groups is 4. The number of nitrogens with zero attached hydrogens (tertiary/aromatic N) is 2. The third kappa shape index (κ3) is 5.21. The molecule has 0 saturated heterocycles. The van der Waals surface area contributed by atoms with E-state index in [1.165, 1.54) is 0 Å². The summed E-state index contributed by atoms with van der Waals surface area (Å²) >= 11 is 12.9. The van der Waals surface area contributed by atoms with Gasteiger partial charge in [-0.05, 0) is 24.3 Å². The standard InChI is InChI=1S/C32H8Br4F14N2O4/c33-11-1-7-15-8(24(54)51(23(7)53)5-27(37,38)29(41,42)31(45,46)47)2-13(35)19-20-14(36)4-10-16-9(3-12(34)18(22(16)20)17(11)21(15)19)25(55)52(26(10)56)6-28(39,40)30(43,44)32(48,49)50/h1-4H,5-6H2. The van der Waals surface area contributed by atoms with E-state index in [0.29, 0.717) is 0 Å². The molecule has 0 fully saturated rings. The smallest absolute Gasteiger partial charge is 0.269 e. The molecule has 2 aliphatic heterocycles. The van der Waals surface area contributed by atoms with Gasteiger partial charge in [0.15, 0.2) is 0 Å². The van der Waals surface area contributed by atoms with Crippen molar-refractivity contribution in [3.63, 3.8) is 0 Å². The lowest BCUT2D eigenvalue weighted by molar-refractivity contribution is -0.354. The molecule has 56 heavy (non-hydrogen) atoms. The zero-order valence-corrected chi connectivity index (χ0v) is 32.4. The average molecular weight is 1070 g/mol. The van der Waals surface area contributed by atoms with Crippen LogP contribution in [0.15, 0.2) is 42.2 Å². The van der Waals surface area contributed by atoms with E-state index in [0.717, 1.165) is 24.3 Å². The van der Waals surface area contributed by atoms with Gasteiger partial charge in [-0.15, -0.1) is 0 Å². The van der Waals surface area contributed by atoms with Crippen molar-refractivity contribution < 1.29 is 80.6 Å². The Morgan fingerprint density at radius 3 is 0.786 bits per heavy atom. The molecular weight excluding hydrogens is 1060 g/mol. The van der Waals surface area contributed by atoms with E-state index in [1.807, 2.05) is 0 Å². The van der Waals surface area contributed by atoms with Gasteiger partial charge < -0.3 is 0 Å². The summed E-state index contributed by atoms with van der Waals surface area (Å²) in [6.45, 7) is -5.39. The monoisotopic (exact) mass is 1070 g/mol. The Labute approximate surface area is 332 Å². The van der Waals surface area contributed by atoms with Gasteiger partial charge in [0.2, 0.25) is 0 Å². The van der Waals surface area contributed by atoms with E-state index in [4.69, 9.17) is 0 Å². The number of hydrogen-bond acceptors (Lipinski definition) is 4. The van der Waals surface area contributed by atoms with E-state index in [-0.39, 0.29) is 61.0 Å². The zero-order valence-electron chi connectivity index (χ0n) is 26.1. The highest BCUT2D eigenvalue weighted by Crippen LogP contribution is 2.55. The number of imide groups is 2. The predicted molar refractivity (Wildman–Crippen MR) is 181 cm³/mol. The lowest BCUT2D eigenvalue weighted by atomic mass is 9.82. The molecule has 4 amide bonds. The summed E-state index contributed by atoms with van der Waals surface area (Å²) in [6.07, 6.45) is -13.6. The largest absolute Gasteiger partial charge is 0.459 e. The summed E-state index contributed by atoms with van der Waals surface area (Å²) in [5, 5.41) is -0.598. The maximum Gasteiger partial charge on any atom is 0.459 e. The summed E-state index contributed by atoms with van der Waals surface area (Å²) in [6, 6.07) is 3.74. The Bertz CT molecular complexity index is 2370. The molecule has 0 radical (unpaired) electrons. The van der Waals surface area contributed by atoms with Crippen molar-refractivity contribution in [1.82, 2.24) is 9.80 Å². The lowest BCUT2D eigenvalue weighted by Crippen LogP contribution is -2.59. The average Bonchev–Trinajstić information content (AvgIpc) is 3.06. The van der Waals surface area contributed by atoms with Crippen LogP contribution >= 0.6 is 63.7 Å². The molecule has 0 N–H and O–H groups in total. The van der Waals surface area contributed by atoms with Crippen LogP contribution in [0.4, 0.5) is 61.5 Å². The first kappa shape index (κ1) is 40.8. The fraction of sp³-hybridized carbons (Fsp3) is 0.250. The van der Waals surface area contributed by atoms with Gasteiger partial charge in [-0.3, -0.25) is 29.0 Å². The van der Waals surface area contributed by atoms with Crippen molar-refractivity contribution in [2.75, 3.05) is 13.1 Å². The SMILES string of the molecule is O=C1c2cc(Br)c3c4c(Br)cc5c6c(cc(Br)c(c7c(Br)cc(c2c37)C(=O)N1CC(F)(F)C(F)(F)C(F)(F)F)c64)C(=O)N(CC(F)(F)C(F)(F)C(F)(F)F)C5=O. The van der Waals surface area contributed by atoms with E-state index < -0.39 is 105 Å². The Morgan fingerprint density at radius 2 is 0.589 bits per heavy atom. The molecule has 7 rings (SSSR count). The van der Waals surface area contributed by atoms with Crippen LogP contribution in [-0.2, 0) is 0 Å². The van der Waals surface area contributed by atoms with E-state index in [2.05, 4.69) is 63.7 Å². The molecule has 296 valence electrons. The topological polar surface area (TPSA) is 74.8 Å². The van der Waals surface area contributed by atoms with Gasteiger partial charge in [-0.25, -0.2) is 0 Å². The van der Waals surface area contributed by atoms with Gasteiger partial charge in [0, 0.05) is 83.2 Å². The Balaban J connectivity index is 1.49. The minimum atomic E-state index is -6.78. The lowest BCUT2D eigenvalue weighted by Gasteiger charge is -2.35. The molecule has 24 heteroatoms. The van der Waals surface area contributed by atoms with Crippen LogP contribution in [0.2, 0.25) is 0 Å². The molecule has 0 bridgehead atoms. The summed E-state index contributed by atoms with van der Waals surface area (Å²) in [4.78, 5) is 53.5. The summed E-state index contributed by atoms with van der Waals surface area (Å²) in [5.41, 5.74) is -2.49. The summed E-state index contributed by atoms with van der Waals surface area (Å²) < 4.78 is 191. The highest BCUT2D eigenvalue weighted by Gasteiger charge is 2.74. The maximum absolute atomic E-state index is 14.6. The van der Waals surface area contributed by atoms with Gasteiger partial charge in [-0.2, -0.15) is 61.5 Å². The molecular formula is C32H8Br4F14N2O4. The first-order chi connectivity index (χ1) is 25.4. The highest BCUT2D eigenvalue weighted by atomic mass is 79.9. The minimum absolute atomic E-state index is 0.0259. The molecule has 0 aromatic heterocycles. The number of amides is 4. The minimum Gasteiger partial charge on any atom is -0.269 e. The van der Waals surface area contributed by atoms with Crippen molar-refractivity contribution in [3.05, 3.63) is 64.4 Å². The third-order valence-electron chi connectivity index (χ3n) is 9.36. The molecule has 5 aromatic carbocycles. The number of alkyl halides is 14. The molecule has 0 atom stereocenters. The number of fused-ring (bicyclic) bond motifs is 2. The van der Waals surface area contributed by atoms with Gasteiger partial charge in [-0.1, -0.05) is 63.7 Å². The van der Waals surface area contributed by atoms with Gasteiger partial charge in [0.05, 0.1) is 13.1 Å². The van der Waals surface area contributed by atoms with Crippen molar-refractivity contribution >= 4 is 130 Å². The second-order valence-corrected chi connectivity index (χ2v) is 16.0.